The predicted octanol–water partition coefficient (Wildman–Crippen LogP) is 2.41. The first-order chi connectivity index (χ1) is 8.95. The molecule has 0 aliphatic rings. The Bertz CT molecular complexity index is 592. The van der Waals surface area contributed by atoms with E-state index < -0.39 is 39.0 Å². The molecule has 0 radical (unpaired) electrons. The van der Waals surface area contributed by atoms with Crippen molar-refractivity contribution in [3.8, 4) is 0 Å². The second-order valence-corrected chi connectivity index (χ2v) is 7.38. The molecule has 0 aliphatic carbocycles. The van der Waals surface area contributed by atoms with Crippen molar-refractivity contribution >= 4 is 27.3 Å². The van der Waals surface area contributed by atoms with Crippen LogP contribution in [-0.4, -0.2) is 42.6 Å². The number of hydrogen-bond acceptors (Lipinski definition) is 4. The third-order valence-corrected chi connectivity index (χ3v) is 5.83. The molecular weight excluding hydrogens is 319 g/mol. The molecule has 0 spiro atoms. The van der Waals surface area contributed by atoms with Crippen molar-refractivity contribution in [3.63, 3.8) is 0 Å². The molecule has 20 heavy (non-hydrogen) atoms. The van der Waals surface area contributed by atoms with Gasteiger partial charge in [-0.2, -0.15) is 17.5 Å². The molecule has 1 N–H and O–H groups in total. The number of nitrogens with zero attached hydrogens (tertiary/aromatic N) is 1. The van der Waals surface area contributed by atoms with Crippen molar-refractivity contribution < 1.29 is 31.5 Å². The Labute approximate surface area is 117 Å². The Morgan fingerprint density at radius 2 is 1.95 bits per heavy atom. The summed E-state index contributed by atoms with van der Waals surface area (Å²) in [5.74, 6) is -1.33. The van der Waals surface area contributed by atoms with Crippen LogP contribution in [0.5, 0.6) is 0 Å². The van der Waals surface area contributed by atoms with Crippen molar-refractivity contribution in [3.05, 3.63) is 17.0 Å². The van der Waals surface area contributed by atoms with Gasteiger partial charge in [-0.05, 0) is 26.0 Å². The molecule has 5 nitrogen and oxygen atoms in total. The van der Waals surface area contributed by atoms with Crippen LogP contribution in [0.1, 0.15) is 23.5 Å². The minimum Gasteiger partial charge on any atom is -0.477 e. The fourth-order valence-electron chi connectivity index (χ4n) is 1.41. The standard InChI is InChI=1S/C10H12F3NO4S2/c1-6(2)14(5-10(11,12)13)20(17,18)8-4-3-7(19-8)9(15)16/h3-4,6H,5H2,1-2H3,(H,15,16). The SMILES string of the molecule is CC(C)N(CC(F)(F)F)S(=O)(=O)c1ccc(C(=O)O)s1. The summed E-state index contributed by atoms with van der Waals surface area (Å²) in [6.45, 7) is 1.01. The Morgan fingerprint density at radius 1 is 1.40 bits per heavy atom. The van der Waals surface area contributed by atoms with Crippen LogP contribution >= 0.6 is 11.3 Å². The molecular formula is C10H12F3NO4S2. The van der Waals surface area contributed by atoms with Gasteiger partial charge in [0, 0.05) is 6.04 Å². The highest BCUT2D eigenvalue weighted by molar-refractivity contribution is 7.91. The second-order valence-electron chi connectivity index (χ2n) is 4.18. The molecule has 0 unspecified atom stereocenters. The highest BCUT2D eigenvalue weighted by Crippen LogP contribution is 2.29. The first-order valence-electron chi connectivity index (χ1n) is 5.37. The van der Waals surface area contributed by atoms with Gasteiger partial charge >= 0.3 is 12.1 Å². The van der Waals surface area contributed by atoms with Crippen LogP contribution in [0.2, 0.25) is 0 Å². The number of rotatable bonds is 5. The zero-order valence-electron chi connectivity index (χ0n) is 10.5. The van der Waals surface area contributed by atoms with Crippen molar-refractivity contribution in [2.45, 2.75) is 30.3 Å². The fourth-order valence-corrected chi connectivity index (χ4v) is 4.31. The molecule has 0 saturated carbocycles. The summed E-state index contributed by atoms with van der Waals surface area (Å²) in [4.78, 5) is 10.4. The Balaban J connectivity index is 3.19. The summed E-state index contributed by atoms with van der Waals surface area (Å²) in [6.07, 6.45) is -4.68. The lowest BCUT2D eigenvalue weighted by Gasteiger charge is -2.26. The number of hydrogen-bond donors (Lipinski definition) is 1. The maximum absolute atomic E-state index is 12.4. The molecule has 0 aliphatic heterocycles. The van der Waals surface area contributed by atoms with E-state index in [2.05, 4.69) is 0 Å². The van der Waals surface area contributed by atoms with Gasteiger partial charge in [0.1, 0.15) is 15.6 Å². The first kappa shape index (κ1) is 16.9. The van der Waals surface area contributed by atoms with Crippen LogP contribution in [0.4, 0.5) is 13.2 Å². The average Bonchev–Trinajstić information content (AvgIpc) is 2.73. The predicted molar refractivity (Wildman–Crippen MR) is 66.4 cm³/mol. The number of carboxylic acids is 1. The van der Waals surface area contributed by atoms with Gasteiger partial charge in [-0.1, -0.05) is 0 Å². The van der Waals surface area contributed by atoms with Gasteiger partial charge in [-0.15, -0.1) is 11.3 Å². The number of aromatic carboxylic acids is 1. The minimum absolute atomic E-state index is 0.251. The lowest BCUT2D eigenvalue weighted by atomic mass is 10.4. The lowest BCUT2D eigenvalue weighted by molar-refractivity contribution is -0.138. The zero-order valence-corrected chi connectivity index (χ0v) is 12.1. The highest BCUT2D eigenvalue weighted by atomic mass is 32.2. The van der Waals surface area contributed by atoms with Crippen LogP contribution in [0.3, 0.4) is 0 Å². The van der Waals surface area contributed by atoms with E-state index in [9.17, 15) is 26.4 Å². The van der Waals surface area contributed by atoms with Crippen LogP contribution in [0.15, 0.2) is 16.3 Å². The van der Waals surface area contributed by atoms with Gasteiger partial charge < -0.3 is 5.11 Å². The van der Waals surface area contributed by atoms with Crippen LogP contribution in [-0.2, 0) is 10.0 Å². The molecule has 1 aromatic rings. The molecule has 0 saturated heterocycles. The normalized spacial score (nSPS) is 13.2. The van der Waals surface area contributed by atoms with Crippen LogP contribution in [0, 0.1) is 0 Å². The van der Waals surface area contributed by atoms with Crippen LogP contribution in [0.25, 0.3) is 0 Å². The quantitative estimate of drug-likeness (QED) is 0.899. The summed E-state index contributed by atoms with van der Waals surface area (Å²) < 4.78 is 61.5. The summed E-state index contributed by atoms with van der Waals surface area (Å²) >= 11 is 0.423. The third kappa shape index (κ3) is 3.93. The van der Waals surface area contributed by atoms with E-state index in [4.69, 9.17) is 5.11 Å². The van der Waals surface area contributed by atoms with Gasteiger partial charge in [-0.3, -0.25) is 0 Å². The molecule has 0 aromatic carbocycles. The summed E-state index contributed by atoms with van der Waals surface area (Å²) in [7, 11) is -4.38. The van der Waals surface area contributed by atoms with Crippen molar-refractivity contribution in [2.75, 3.05) is 6.54 Å². The Morgan fingerprint density at radius 3 is 2.30 bits per heavy atom. The number of halogens is 3. The van der Waals surface area contributed by atoms with E-state index in [1.54, 1.807) is 0 Å². The van der Waals surface area contributed by atoms with Gasteiger partial charge in [-0.25, -0.2) is 13.2 Å². The summed E-state index contributed by atoms with van der Waals surface area (Å²) in [5.41, 5.74) is 0. The molecule has 1 heterocycles. The number of thiophene rings is 1. The maximum Gasteiger partial charge on any atom is 0.402 e. The molecule has 1 rings (SSSR count). The summed E-state index contributed by atoms with van der Waals surface area (Å²) in [6, 6.07) is 1.14. The van der Waals surface area contributed by atoms with E-state index in [0.29, 0.717) is 15.6 Å². The number of carbonyl (C=O) groups is 1. The largest absolute Gasteiger partial charge is 0.477 e. The minimum atomic E-state index is -4.68. The maximum atomic E-state index is 12.4. The Hall–Kier alpha value is -1.13. The monoisotopic (exact) mass is 331 g/mol. The lowest BCUT2D eigenvalue weighted by Crippen LogP contribution is -2.42. The van der Waals surface area contributed by atoms with E-state index >= 15 is 0 Å². The van der Waals surface area contributed by atoms with Crippen LogP contribution < -0.4 is 0 Å². The third-order valence-electron chi connectivity index (χ3n) is 2.27. The van der Waals surface area contributed by atoms with Crippen molar-refractivity contribution in [2.24, 2.45) is 0 Å². The summed E-state index contributed by atoms with van der Waals surface area (Å²) in [5, 5.41) is 8.72. The number of sulfonamides is 1. The van der Waals surface area contributed by atoms with Crippen molar-refractivity contribution in [1.82, 2.24) is 4.31 Å². The van der Waals surface area contributed by atoms with E-state index in [1.807, 2.05) is 0 Å². The molecule has 114 valence electrons. The number of alkyl halides is 3. The van der Waals surface area contributed by atoms with E-state index in [-0.39, 0.29) is 4.88 Å². The first-order valence-corrected chi connectivity index (χ1v) is 7.62. The van der Waals surface area contributed by atoms with Gasteiger partial charge in [0.05, 0.1) is 0 Å². The second kappa shape index (κ2) is 5.70. The van der Waals surface area contributed by atoms with Crippen molar-refractivity contribution in [1.29, 1.82) is 0 Å². The molecule has 0 amide bonds. The zero-order chi connectivity index (χ0) is 15.7. The molecule has 0 atom stereocenters. The molecule has 0 fully saturated rings. The molecule has 1 aromatic heterocycles. The topological polar surface area (TPSA) is 74.7 Å². The van der Waals surface area contributed by atoms with E-state index in [0.717, 1.165) is 12.1 Å². The van der Waals surface area contributed by atoms with E-state index in [1.165, 1.54) is 13.8 Å². The smallest absolute Gasteiger partial charge is 0.402 e. The van der Waals surface area contributed by atoms with Gasteiger partial charge in [0.15, 0.2) is 0 Å². The average molecular weight is 331 g/mol. The highest BCUT2D eigenvalue weighted by Gasteiger charge is 2.39. The fraction of sp³-hybridized carbons (Fsp3) is 0.500. The molecule has 0 bridgehead atoms. The molecule has 10 heteroatoms. The number of carboxylic acid groups (broad SMARTS) is 1. The van der Waals surface area contributed by atoms with Gasteiger partial charge in [0.2, 0.25) is 0 Å². The van der Waals surface area contributed by atoms with Gasteiger partial charge in [0.25, 0.3) is 10.0 Å². The Kier molecular flexibility index (Phi) is 4.82.